The van der Waals surface area contributed by atoms with Crippen molar-refractivity contribution in [1.29, 1.82) is 0 Å². The number of carbonyl (C=O) groups excluding carboxylic acids is 1. The summed E-state index contributed by atoms with van der Waals surface area (Å²) in [7, 11) is 0. The first-order chi connectivity index (χ1) is 10.8. The van der Waals surface area contributed by atoms with Crippen LogP contribution in [-0.4, -0.2) is 28.3 Å². The standard InChI is InChI=1S/C17H22N4O/c22-17(11-16-6-2-7-18-16)19-12-14-4-1-5-15(10-14)13-21-9-3-8-20-21/h1,3-5,8-10,16,18H,2,6-7,11-13H2,(H,19,22). The summed E-state index contributed by atoms with van der Waals surface area (Å²) in [6, 6.07) is 10.5. The first kappa shape index (κ1) is 14.8. The molecule has 1 aromatic heterocycles. The molecule has 2 heterocycles. The highest BCUT2D eigenvalue weighted by Crippen LogP contribution is 2.09. The predicted octanol–water partition coefficient (Wildman–Crippen LogP) is 1.69. The molecule has 0 bridgehead atoms. The fraction of sp³-hybridized carbons (Fsp3) is 0.412. The van der Waals surface area contributed by atoms with Gasteiger partial charge in [0, 0.05) is 31.4 Å². The molecule has 2 N–H and O–H groups in total. The second kappa shape index (κ2) is 7.22. The third kappa shape index (κ3) is 4.18. The fourth-order valence-electron chi connectivity index (χ4n) is 2.85. The van der Waals surface area contributed by atoms with E-state index < -0.39 is 0 Å². The molecule has 2 aromatic rings. The van der Waals surface area contributed by atoms with Gasteiger partial charge in [-0.25, -0.2) is 0 Å². The Bertz CT molecular complexity index is 603. The van der Waals surface area contributed by atoms with Gasteiger partial charge in [0.1, 0.15) is 0 Å². The fourth-order valence-corrected chi connectivity index (χ4v) is 2.85. The van der Waals surface area contributed by atoms with E-state index in [1.807, 2.05) is 29.1 Å². The maximum Gasteiger partial charge on any atom is 0.221 e. The van der Waals surface area contributed by atoms with Gasteiger partial charge < -0.3 is 10.6 Å². The van der Waals surface area contributed by atoms with E-state index in [1.165, 1.54) is 12.0 Å². The molecule has 0 spiro atoms. The highest BCUT2D eigenvalue weighted by Gasteiger charge is 2.17. The molecule has 0 saturated carbocycles. The molecule has 1 fully saturated rings. The monoisotopic (exact) mass is 298 g/mol. The second-order valence-electron chi connectivity index (χ2n) is 5.80. The van der Waals surface area contributed by atoms with E-state index in [4.69, 9.17) is 0 Å². The van der Waals surface area contributed by atoms with Crippen LogP contribution in [0.1, 0.15) is 30.4 Å². The third-order valence-corrected chi connectivity index (χ3v) is 3.98. The number of nitrogens with one attached hydrogen (secondary N) is 2. The number of hydrogen-bond acceptors (Lipinski definition) is 3. The Kier molecular flexibility index (Phi) is 4.85. The molecule has 5 nitrogen and oxygen atoms in total. The molecular formula is C17H22N4O. The van der Waals surface area contributed by atoms with E-state index in [9.17, 15) is 4.79 Å². The summed E-state index contributed by atoms with van der Waals surface area (Å²) in [4.78, 5) is 11.9. The van der Waals surface area contributed by atoms with Gasteiger partial charge in [-0.3, -0.25) is 9.48 Å². The summed E-state index contributed by atoms with van der Waals surface area (Å²) in [5, 5.41) is 10.6. The Morgan fingerprint density at radius 3 is 3.05 bits per heavy atom. The summed E-state index contributed by atoms with van der Waals surface area (Å²) >= 11 is 0. The quantitative estimate of drug-likeness (QED) is 0.853. The first-order valence-corrected chi connectivity index (χ1v) is 7.85. The minimum absolute atomic E-state index is 0.122. The normalized spacial score (nSPS) is 17.5. The van der Waals surface area contributed by atoms with Gasteiger partial charge in [0.2, 0.25) is 5.91 Å². The summed E-state index contributed by atoms with van der Waals surface area (Å²) in [5.74, 6) is 0.122. The van der Waals surface area contributed by atoms with Crippen LogP contribution in [0.3, 0.4) is 0 Å². The van der Waals surface area contributed by atoms with Gasteiger partial charge in [0.25, 0.3) is 0 Å². The molecule has 1 aliphatic rings. The molecule has 1 amide bonds. The number of nitrogens with zero attached hydrogens (tertiary/aromatic N) is 2. The van der Waals surface area contributed by atoms with E-state index in [0.717, 1.165) is 25.1 Å². The number of hydrogen-bond donors (Lipinski definition) is 2. The van der Waals surface area contributed by atoms with Crippen LogP contribution >= 0.6 is 0 Å². The number of carbonyl (C=O) groups is 1. The minimum Gasteiger partial charge on any atom is -0.352 e. The van der Waals surface area contributed by atoms with Gasteiger partial charge in [-0.2, -0.15) is 5.10 Å². The van der Waals surface area contributed by atoms with Crippen molar-refractivity contribution in [2.75, 3.05) is 6.54 Å². The third-order valence-electron chi connectivity index (χ3n) is 3.98. The smallest absolute Gasteiger partial charge is 0.221 e. The zero-order chi connectivity index (χ0) is 15.2. The summed E-state index contributed by atoms with van der Waals surface area (Å²) in [5.41, 5.74) is 2.31. The maximum absolute atomic E-state index is 11.9. The molecule has 3 rings (SSSR count). The van der Waals surface area contributed by atoms with Crippen molar-refractivity contribution < 1.29 is 4.79 Å². The van der Waals surface area contributed by atoms with Crippen molar-refractivity contribution in [3.63, 3.8) is 0 Å². The van der Waals surface area contributed by atoms with Crippen LogP contribution in [0.4, 0.5) is 0 Å². The Balaban J connectivity index is 1.50. The van der Waals surface area contributed by atoms with Crippen LogP contribution in [0, 0.1) is 0 Å². The molecule has 0 radical (unpaired) electrons. The topological polar surface area (TPSA) is 59.0 Å². The molecule has 1 aromatic carbocycles. The van der Waals surface area contributed by atoms with Gasteiger partial charge in [-0.15, -0.1) is 0 Å². The van der Waals surface area contributed by atoms with Crippen molar-refractivity contribution in [2.45, 2.75) is 38.4 Å². The van der Waals surface area contributed by atoms with Crippen LogP contribution in [0.25, 0.3) is 0 Å². The number of amides is 1. The van der Waals surface area contributed by atoms with Crippen LogP contribution in [-0.2, 0) is 17.9 Å². The highest BCUT2D eigenvalue weighted by molar-refractivity contribution is 5.76. The van der Waals surface area contributed by atoms with Crippen molar-refractivity contribution in [3.05, 3.63) is 53.9 Å². The van der Waals surface area contributed by atoms with E-state index in [0.29, 0.717) is 19.0 Å². The van der Waals surface area contributed by atoms with Crippen molar-refractivity contribution in [2.24, 2.45) is 0 Å². The number of aromatic nitrogens is 2. The largest absolute Gasteiger partial charge is 0.352 e. The van der Waals surface area contributed by atoms with E-state index in [-0.39, 0.29) is 5.91 Å². The molecule has 1 aliphatic heterocycles. The number of benzene rings is 1. The van der Waals surface area contributed by atoms with Gasteiger partial charge in [-0.1, -0.05) is 24.3 Å². The summed E-state index contributed by atoms with van der Waals surface area (Å²) in [6.07, 6.45) is 6.58. The first-order valence-electron chi connectivity index (χ1n) is 7.85. The summed E-state index contributed by atoms with van der Waals surface area (Å²) in [6.45, 7) is 2.37. The maximum atomic E-state index is 11.9. The molecule has 22 heavy (non-hydrogen) atoms. The number of rotatable bonds is 6. The lowest BCUT2D eigenvalue weighted by Gasteiger charge is -2.11. The molecular weight excluding hydrogens is 276 g/mol. The Morgan fingerprint density at radius 2 is 2.27 bits per heavy atom. The Labute approximate surface area is 130 Å². The van der Waals surface area contributed by atoms with Crippen LogP contribution in [0.2, 0.25) is 0 Å². The van der Waals surface area contributed by atoms with E-state index in [2.05, 4.69) is 27.9 Å². The molecule has 1 atom stereocenters. The van der Waals surface area contributed by atoms with Gasteiger partial charge >= 0.3 is 0 Å². The molecule has 116 valence electrons. The van der Waals surface area contributed by atoms with Crippen LogP contribution < -0.4 is 10.6 Å². The van der Waals surface area contributed by atoms with E-state index >= 15 is 0 Å². The zero-order valence-electron chi connectivity index (χ0n) is 12.7. The molecule has 1 saturated heterocycles. The van der Waals surface area contributed by atoms with Crippen LogP contribution in [0.5, 0.6) is 0 Å². The zero-order valence-corrected chi connectivity index (χ0v) is 12.7. The SMILES string of the molecule is O=C(CC1CCCN1)NCc1cccc(Cn2cccn2)c1. The molecule has 5 heteroatoms. The lowest BCUT2D eigenvalue weighted by molar-refractivity contribution is -0.121. The molecule has 0 aliphatic carbocycles. The predicted molar refractivity (Wildman–Crippen MR) is 85.3 cm³/mol. The van der Waals surface area contributed by atoms with Gasteiger partial charge in [0.15, 0.2) is 0 Å². The highest BCUT2D eigenvalue weighted by atomic mass is 16.1. The van der Waals surface area contributed by atoms with E-state index in [1.54, 1.807) is 6.20 Å². The van der Waals surface area contributed by atoms with Gasteiger partial charge in [-0.05, 0) is 36.6 Å². The lowest BCUT2D eigenvalue weighted by Crippen LogP contribution is -2.31. The van der Waals surface area contributed by atoms with Crippen molar-refractivity contribution in [1.82, 2.24) is 20.4 Å². The lowest BCUT2D eigenvalue weighted by atomic mass is 10.1. The second-order valence-corrected chi connectivity index (χ2v) is 5.80. The summed E-state index contributed by atoms with van der Waals surface area (Å²) < 4.78 is 1.89. The van der Waals surface area contributed by atoms with Crippen molar-refractivity contribution in [3.8, 4) is 0 Å². The minimum atomic E-state index is 0.122. The Morgan fingerprint density at radius 1 is 1.36 bits per heavy atom. The van der Waals surface area contributed by atoms with Crippen LogP contribution in [0.15, 0.2) is 42.7 Å². The molecule has 1 unspecified atom stereocenters. The van der Waals surface area contributed by atoms with Gasteiger partial charge in [0.05, 0.1) is 6.54 Å². The average molecular weight is 298 g/mol. The van der Waals surface area contributed by atoms with Crippen molar-refractivity contribution >= 4 is 5.91 Å². The Hall–Kier alpha value is -2.14. The average Bonchev–Trinajstić information content (AvgIpc) is 3.19.